The van der Waals surface area contributed by atoms with Crippen LogP contribution in [0.4, 0.5) is 5.95 Å². The molecule has 0 bridgehead atoms. The Morgan fingerprint density at radius 2 is 1.89 bits per heavy atom. The van der Waals surface area contributed by atoms with Crippen molar-refractivity contribution in [1.82, 2.24) is 9.55 Å². The van der Waals surface area contributed by atoms with Crippen molar-refractivity contribution >= 4 is 32.9 Å². The van der Waals surface area contributed by atoms with Gasteiger partial charge in [-0.1, -0.05) is 28.1 Å². The van der Waals surface area contributed by atoms with E-state index in [0.717, 1.165) is 26.8 Å². The highest BCUT2D eigenvalue weighted by atomic mass is 79.9. The van der Waals surface area contributed by atoms with Gasteiger partial charge in [-0.05, 0) is 49.2 Å². The molecule has 0 aliphatic heterocycles. The molecule has 0 aliphatic rings. The number of benzene rings is 2. The highest BCUT2D eigenvalue weighted by Gasteiger charge is 2.13. The summed E-state index contributed by atoms with van der Waals surface area (Å²) < 4.78 is 3.08. The monoisotopic (exact) mass is 315 g/mol. The van der Waals surface area contributed by atoms with Gasteiger partial charge in [0.2, 0.25) is 5.95 Å². The van der Waals surface area contributed by atoms with Crippen LogP contribution in [-0.4, -0.2) is 9.55 Å². The van der Waals surface area contributed by atoms with E-state index in [9.17, 15) is 0 Å². The van der Waals surface area contributed by atoms with Crippen LogP contribution in [-0.2, 0) is 0 Å². The second kappa shape index (κ2) is 4.38. The first-order valence-corrected chi connectivity index (χ1v) is 6.87. The maximum atomic E-state index is 6.10. The molecule has 19 heavy (non-hydrogen) atoms. The molecule has 0 saturated carbocycles. The molecule has 0 amide bonds. The van der Waals surface area contributed by atoms with E-state index in [1.54, 1.807) is 0 Å². The minimum atomic E-state index is 0.523. The summed E-state index contributed by atoms with van der Waals surface area (Å²) in [6.45, 7) is 4.15. The molecule has 0 atom stereocenters. The summed E-state index contributed by atoms with van der Waals surface area (Å²) in [6.07, 6.45) is 0. The third-order valence-electron chi connectivity index (χ3n) is 3.30. The smallest absolute Gasteiger partial charge is 0.205 e. The summed E-state index contributed by atoms with van der Waals surface area (Å²) in [5.41, 5.74) is 11.5. The first-order chi connectivity index (χ1) is 9.08. The maximum absolute atomic E-state index is 6.10. The normalized spacial score (nSPS) is 11.1. The molecule has 0 fully saturated rings. The van der Waals surface area contributed by atoms with Crippen molar-refractivity contribution < 1.29 is 0 Å². The topological polar surface area (TPSA) is 43.8 Å². The molecule has 1 heterocycles. The van der Waals surface area contributed by atoms with Crippen LogP contribution in [0.25, 0.3) is 16.7 Å². The molecule has 0 unspecified atom stereocenters. The Labute approximate surface area is 120 Å². The van der Waals surface area contributed by atoms with Gasteiger partial charge in [-0.15, -0.1) is 0 Å². The average Bonchev–Trinajstić information content (AvgIpc) is 2.67. The minimum Gasteiger partial charge on any atom is -0.369 e. The van der Waals surface area contributed by atoms with E-state index in [1.165, 1.54) is 5.56 Å². The van der Waals surface area contributed by atoms with E-state index in [-0.39, 0.29) is 0 Å². The summed E-state index contributed by atoms with van der Waals surface area (Å²) >= 11 is 3.49. The number of aromatic nitrogens is 2. The third-order valence-corrected chi connectivity index (χ3v) is 3.80. The van der Waals surface area contributed by atoms with Crippen LogP contribution >= 0.6 is 15.9 Å². The molecule has 4 heteroatoms. The number of rotatable bonds is 1. The van der Waals surface area contributed by atoms with Crippen molar-refractivity contribution in [3.8, 4) is 5.69 Å². The lowest BCUT2D eigenvalue weighted by Crippen LogP contribution is -2.03. The Balaban J connectivity index is 2.39. The highest BCUT2D eigenvalue weighted by molar-refractivity contribution is 9.10. The lowest BCUT2D eigenvalue weighted by molar-refractivity contribution is 1.08. The lowest BCUT2D eigenvalue weighted by atomic mass is 10.1. The minimum absolute atomic E-state index is 0.523. The fourth-order valence-electron chi connectivity index (χ4n) is 2.43. The van der Waals surface area contributed by atoms with E-state index in [4.69, 9.17) is 5.73 Å². The van der Waals surface area contributed by atoms with Crippen molar-refractivity contribution in [2.45, 2.75) is 13.8 Å². The van der Waals surface area contributed by atoms with Crippen molar-refractivity contribution in [2.24, 2.45) is 0 Å². The van der Waals surface area contributed by atoms with E-state index in [1.807, 2.05) is 22.8 Å². The Hall–Kier alpha value is -1.81. The van der Waals surface area contributed by atoms with Crippen molar-refractivity contribution in [3.63, 3.8) is 0 Å². The number of nitrogens with two attached hydrogens (primary N) is 1. The Bertz CT molecular complexity index is 774. The summed E-state index contributed by atoms with van der Waals surface area (Å²) in [5, 5.41) is 0. The number of aryl methyl sites for hydroxylation is 2. The van der Waals surface area contributed by atoms with Gasteiger partial charge in [0.05, 0.1) is 16.7 Å². The predicted octanol–water partition coefficient (Wildman–Crippen LogP) is 3.99. The van der Waals surface area contributed by atoms with Gasteiger partial charge in [0.25, 0.3) is 0 Å². The SMILES string of the molecule is Cc1cc(Br)ccc1-n1c(N)nc2cccc(C)c21. The standard InChI is InChI=1S/C15H14BrN3/c1-9-4-3-5-12-14(9)19(15(17)18-12)13-7-6-11(16)8-10(13)2/h3-8H,1-2H3,(H2,17,18). The highest BCUT2D eigenvalue weighted by Crippen LogP contribution is 2.28. The lowest BCUT2D eigenvalue weighted by Gasteiger charge is -2.11. The molecule has 1 aromatic heterocycles. The average molecular weight is 316 g/mol. The number of hydrogen-bond acceptors (Lipinski definition) is 2. The van der Waals surface area contributed by atoms with Gasteiger partial charge in [-0.2, -0.15) is 0 Å². The summed E-state index contributed by atoms with van der Waals surface area (Å²) in [4.78, 5) is 4.44. The fourth-order valence-corrected chi connectivity index (χ4v) is 2.90. The van der Waals surface area contributed by atoms with Crippen LogP contribution in [0, 0.1) is 13.8 Å². The van der Waals surface area contributed by atoms with E-state index in [0.29, 0.717) is 5.95 Å². The molecule has 2 N–H and O–H groups in total. The summed E-state index contributed by atoms with van der Waals surface area (Å²) in [7, 11) is 0. The molecule has 3 rings (SSSR count). The van der Waals surface area contributed by atoms with Crippen LogP contribution < -0.4 is 5.73 Å². The number of fused-ring (bicyclic) bond motifs is 1. The summed E-state index contributed by atoms with van der Waals surface area (Å²) in [6, 6.07) is 12.2. The number of anilines is 1. The Morgan fingerprint density at radius 3 is 2.63 bits per heavy atom. The van der Waals surface area contributed by atoms with Gasteiger partial charge in [0.15, 0.2) is 0 Å². The van der Waals surface area contributed by atoms with Gasteiger partial charge in [-0.25, -0.2) is 4.98 Å². The Morgan fingerprint density at radius 1 is 1.11 bits per heavy atom. The van der Waals surface area contributed by atoms with Crippen LogP contribution in [0.1, 0.15) is 11.1 Å². The quantitative estimate of drug-likeness (QED) is 0.738. The zero-order valence-corrected chi connectivity index (χ0v) is 12.4. The molecular formula is C15H14BrN3. The molecule has 96 valence electrons. The zero-order chi connectivity index (χ0) is 13.6. The van der Waals surface area contributed by atoms with Crippen molar-refractivity contribution in [2.75, 3.05) is 5.73 Å². The molecular weight excluding hydrogens is 302 g/mol. The molecule has 2 aromatic carbocycles. The first kappa shape index (κ1) is 12.2. The number of halogens is 1. The molecule has 0 radical (unpaired) electrons. The third kappa shape index (κ3) is 1.92. The van der Waals surface area contributed by atoms with Crippen LogP contribution in [0.2, 0.25) is 0 Å². The Kier molecular flexibility index (Phi) is 2.82. The second-order valence-corrected chi connectivity index (χ2v) is 5.59. The van der Waals surface area contributed by atoms with Gasteiger partial charge in [0.1, 0.15) is 0 Å². The number of nitrogen functional groups attached to an aromatic ring is 1. The molecule has 0 aliphatic carbocycles. The predicted molar refractivity (Wildman–Crippen MR) is 82.7 cm³/mol. The van der Waals surface area contributed by atoms with Gasteiger partial charge in [-0.3, -0.25) is 4.57 Å². The maximum Gasteiger partial charge on any atom is 0.205 e. The molecule has 3 aromatic rings. The summed E-state index contributed by atoms with van der Waals surface area (Å²) in [5.74, 6) is 0.523. The van der Waals surface area contributed by atoms with Gasteiger partial charge >= 0.3 is 0 Å². The number of hydrogen-bond donors (Lipinski definition) is 1. The second-order valence-electron chi connectivity index (χ2n) is 4.68. The first-order valence-electron chi connectivity index (χ1n) is 6.08. The number of para-hydroxylation sites is 1. The van der Waals surface area contributed by atoms with Gasteiger partial charge in [0, 0.05) is 4.47 Å². The number of imidazole rings is 1. The zero-order valence-electron chi connectivity index (χ0n) is 10.8. The van der Waals surface area contributed by atoms with Crippen molar-refractivity contribution in [3.05, 3.63) is 52.0 Å². The van der Waals surface area contributed by atoms with Crippen LogP contribution in [0.15, 0.2) is 40.9 Å². The van der Waals surface area contributed by atoms with Gasteiger partial charge < -0.3 is 5.73 Å². The van der Waals surface area contributed by atoms with Crippen molar-refractivity contribution in [1.29, 1.82) is 0 Å². The molecule has 0 spiro atoms. The van der Waals surface area contributed by atoms with Crippen LogP contribution in [0.5, 0.6) is 0 Å². The van der Waals surface area contributed by atoms with Crippen LogP contribution in [0.3, 0.4) is 0 Å². The molecule has 3 nitrogen and oxygen atoms in total. The van der Waals surface area contributed by atoms with E-state index >= 15 is 0 Å². The van der Waals surface area contributed by atoms with E-state index in [2.05, 4.69) is 53.0 Å². The van der Waals surface area contributed by atoms with E-state index < -0.39 is 0 Å². The largest absolute Gasteiger partial charge is 0.369 e. The fraction of sp³-hybridized carbons (Fsp3) is 0.133. The molecule has 0 saturated heterocycles. The number of nitrogens with zero attached hydrogens (tertiary/aromatic N) is 2.